The van der Waals surface area contributed by atoms with E-state index in [1.54, 1.807) is 19.2 Å². The van der Waals surface area contributed by atoms with Crippen LogP contribution in [0, 0.1) is 0 Å². The summed E-state index contributed by atoms with van der Waals surface area (Å²) in [5, 5.41) is 9.22. The number of aromatic carboxylic acids is 1. The van der Waals surface area contributed by atoms with Crippen LogP contribution < -0.4 is 0 Å². The van der Waals surface area contributed by atoms with Crippen LogP contribution in [0.5, 0.6) is 0 Å². The Labute approximate surface area is 111 Å². The van der Waals surface area contributed by atoms with Crippen LogP contribution in [0.15, 0.2) is 18.2 Å². The first-order valence-electron chi connectivity index (χ1n) is 6.32. The van der Waals surface area contributed by atoms with Crippen molar-refractivity contribution in [1.29, 1.82) is 0 Å². The molecule has 1 heterocycles. The number of fused-ring (bicyclic) bond motifs is 1. The molecule has 5 nitrogen and oxygen atoms in total. The standard InChI is InChI=1S/C14H18N2O3/c1-4-12-15-13-10(14(17)18)6-5-7-11(13)16(12)9(2)8-19-3/h5-7,9H,4,8H2,1-3H3,(H,17,18). The molecule has 2 rings (SSSR count). The number of aryl methyl sites for hydroxylation is 1. The molecular formula is C14H18N2O3. The highest BCUT2D eigenvalue weighted by Gasteiger charge is 2.18. The summed E-state index contributed by atoms with van der Waals surface area (Å²) in [6.45, 7) is 4.62. The molecule has 0 aliphatic heterocycles. The van der Waals surface area contributed by atoms with Crippen molar-refractivity contribution >= 4 is 17.0 Å². The lowest BCUT2D eigenvalue weighted by Gasteiger charge is -2.16. The number of hydrogen-bond donors (Lipinski definition) is 1. The van der Waals surface area contributed by atoms with E-state index in [0.717, 1.165) is 17.8 Å². The molecule has 0 aliphatic rings. The third kappa shape index (κ3) is 2.33. The lowest BCUT2D eigenvalue weighted by atomic mass is 10.2. The summed E-state index contributed by atoms with van der Waals surface area (Å²) in [5.74, 6) is -0.0643. The van der Waals surface area contributed by atoms with Crippen molar-refractivity contribution in [2.75, 3.05) is 13.7 Å². The molecule has 5 heteroatoms. The van der Waals surface area contributed by atoms with Crippen LogP contribution in [0.25, 0.3) is 11.0 Å². The Morgan fingerprint density at radius 3 is 2.84 bits per heavy atom. The normalized spacial score (nSPS) is 12.8. The topological polar surface area (TPSA) is 64.3 Å². The summed E-state index contributed by atoms with van der Waals surface area (Å²) in [7, 11) is 1.66. The molecule has 0 saturated carbocycles. The van der Waals surface area contributed by atoms with Gasteiger partial charge in [-0.3, -0.25) is 0 Å². The number of rotatable bonds is 5. The molecule has 102 valence electrons. The molecule has 19 heavy (non-hydrogen) atoms. The Hall–Kier alpha value is -1.88. The van der Waals surface area contributed by atoms with Gasteiger partial charge in [0.2, 0.25) is 0 Å². The molecule has 2 aromatic rings. The number of methoxy groups -OCH3 is 1. The number of hydrogen-bond acceptors (Lipinski definition) is 3. The van der Waals surface area contributed by atoms with E-state index in [2.05, 4.69) is 9.55 Å². The van der Waals surface area contributed by atoms with Crippen molar-refractivity contribution in [2.45, 2.75) is 26.3 Å². The fraction of sp³-hybridized carbons (Fsp3) is 0.429. The molecule has 1 atom stereocenters. The van der Waals surface area contributed by atoms with E-state index in [4.69, 9.17) is 4.74 Å². The zero-order valence-corrected chi connectivity index (χ0v) is 11.4. The fourth-order valence-electron chi connectivity index (χ4n) is 2.39. The van der Waals surface area contributed by atoms with E-state index in [-0.39, 0.29) is 11.6 Å². The molecule has 1 unspecified atom stereocenters. The molecule has 0 radical (unpaired) electrons. The molecular weight excluding hydrogens is 244 g/mol. The predicted molar refractivity (Wildman–Crippen MR) is 72.7 cm³/mol. The smallest absolute Gasteiger partial charge is 0.337 e. The molecule has 0 aliphatic carbocycles. The monoisotopic (exact) mass is 262 g/mol. The highest BCUT2D eigenvalue weighted by atomic mass is 16.5. The average molecular weight is 262 g/mol. The quantitative estimate of drug-likeness (QED) is 0.899. The number of para-hydroxylation sites is 1. The highest BCUT2D eigenvalue weighted by Crippen LogP contribution is 2.24. The summed E-state index contributed by atoms with van der Waals surface area (Å²) in [4.78, 5) is 15.7. The predicted octanol–water partition coefficient (Wildman–Crippen LogP) is 2.50. The number of ether oxygens (including phenoxy) is 1. The van der Waals surface area contributed by atoms with E-state index >= 15 is 0 Å². The van der Waals surface area contributed by atoms with Gasteiger partial charge in [-0.1, -0.05) is 13.0 Å². The zero-order valence-electron chi connectivity index (χ0n) is 11.4. The lowest BCUT2D eigenvalue weighted by Crippen LogP contribution is -2.13. The van der Waals surface area contributed by atoms with Crippen molar-refractivity contribution in [2.24, 2.45) is 0 Å². The number of aromatic nitrogens is 2. The van der Waals surface area contributed by atoms with Crippen molar-refractivity contribution in [3.8, 4) is 0 Å². The van der Waals surface area contributed by atoms with Gasteiger partial charge in [-0.15, -0.1) is 0 Å². The Balaban J connectivity index is 2.68. The Kier molecular flexibility index (Phi) is 3.85. The van der Waals surface area contributed by atoms with Gasteiger partial charge in [0.05, 0.1) is 23.7 Å². The first-order chi connectivity index (χ1) is 9.10. The second-order valence-electron chi connectivity index (χ2n) is 4.53. The minimum absolute atomic E-state index is 0.119. The summed E-state index contributed by atoms with van der Waals surface area (Å²) < 4.78 is 7.25. The van der Waals surface area contributed by atoms with E-state index in [1.807, 2.05) is 19.9 Å². The van der Waals surface area contributed by atoms with Gasteiger partial charge in [0.15, 0.2) is 0 Å². The van der Waals surface area contributed by atoms with Crippen LogP contribution in [0.3, 0.4) is 0 Å². The third-order valence-corrected chi connectivity index (χ3v) is 3.19. The number of nitrogens with zero attached hydrogens (tertiary/aromatic N) is 2. The first-order valence-corrected chi connectivity index (χ1v) is 6.32. The molecule has 0 amide bonds. The van der Waals surface area contributed by atoms with Gasteiger partial charge in [0.25, 0.3) is 0 Å². The molecule has 0 saturated heterocycles. The summed E-state index contributed by atoms with van der Waals surface area (Å²) in [6.07, 6.45) is 0.752. The minimum atomic E-state index is -0.947. The number of carboxylic acid groups (broad SMARTS) is 1. The first kappa shape index (κ1) is 13.5. The average Bonchev–Trinajstić information content (AvgIpc) is 2.76. The maximum atomic E-state index is 11.2. The lowest BCUT2D eigenvalue weighted by molar-refractivity contribution is 0.0699. The van der Waals surface area contributed by atoms with Gasteiger partial charge in [0, 0.05) is 13.5 Å². The van der Waals surface area contributed by atoms with Crippen LogP contribution in [0.1, 0.15) is 36.1 Å². The van der Waals surface area contributed by atoms with Gasteiger partial charge < -0.3 is 14.4 Å². The third-order valence-electron chi connectivity index (χ3n) is 3.19. The Bertz CT molecular complexity index is 604. The maximum Gasteiger partial charge on any atom is 0.337 e. The minimum Gasteiger partial charge on any atom is -0.478 e. The van der Waals surface area contributed by atoms with Crippen molar-refractivity contribution in [3.05, 3.63) is 29.6 Å². The number of benzene rings is 1. The number of carbonyl (C=O) groups is 1. The van der Waals surface area contributed by atoms with Crippen molar-refractivity contribution in [1.82, 2.24) is 9.55 Å². The summed E-state index contributed by atoms with van der Waals surface area (Å²) >= 11 is 0. The van der Waals surface area contributed by atoms with Crippen LogP contribution >= 0.6 is 0 Å². The molecule has 0 spiro atoms. The largest absolute Gasteiger partial charge is 0.478 e. The van der Waals surface area contributed by atoms with Gasteiger partial charge >= 0.3 is 5.97 Å². The molecule has 1 aromatic heterocycles. The summed E-state index contributed by atoms with van der Waals surface area (Å²) in [5.41, 5.74) is 1.65. The summed E-state index contributed by atoms with van der Waals surface area (Å²) in [6, 6.07) is 5.36. The van der Waals surface area contributed by atoms with Gasteiger partial charge in [-0.2, -0.15) is 0 Å². The van der Waals surface area contributed by atoms with Gasteiger partial charge in [-0.25, -0.2) is 9.78 Å². The molecule has 0 bridgehead atoms. The van der Waals surface area contributed by atoms with E-state index in [0.29, 0.717) is 12.1 Å². The van der Waals surface area contributed by atoms with Crippen LogP contribution in [0.4, 0.5) is 0 Å². The zero-order chi connectivity index (χ0) is 14.0. The van der Waals surface area contributed by atoms with Crippen LogP contribution in [0.2, 0.25) is 0 Å². The maximum absolute atomic E-state index is 11.2. The van der Waals surface area contributed by atoms with Gasteiger partial charge in [-0.05, 0) is 19.1 Å². The molecule has 1 aromatic carbocycles. The molecule has 0 fully saturated rings. The van der Waals surface area contributed by atoms with Crippen LogP contribution in [-0.2, 0) is 11.2 Å². The highest BCUT2D eigenvalue weighted by molar-refractivity contribution is 6.01. The number of imidazole rings is 1. The van der Waals surface area contributed by atoms with Crippen molar-refractivity contribution < 1.29 is 14.6 Å². The Morgan fingerprint density at radius 2 is 2.26 bits per heavy atom. The Morgan fingerprint density at radius 1 is 1.53 bits per heavy atom. The second kappa shape index (κ2) is 5.40. The van der Waals surface area contributed by atoms with E-state index in [9.17, 15) is 9.90 Å². The van der Waals surface area contributed by atoms with E-state index in [1.165, 1.54) is 0 Å². The SMILES string of the molecule is CCc1nc2c(C(=O)O)cccc2n1C(C)COC. The fourth-order valence-corrected chi connectivity index (χ4v) is 2.39. The molecule has 1 N–H and O–H groups in total. The van der Waals surface area contributed by atoms with Gasteiger partial charge in [0.1, 0.15) is 11.3 Å². The van der Waals surface area contributed by atoms with Crippen LogP contribution in [-0.4, -0.2) is 34.3 Å². The van der Waals surface area contributed by atoms with E-state index < -0.39 is 5.97 Å². The second-order valence-corrected chi connectivity index (χ2v) is 4.53. The number of carboxylic acids is 1. The van der Waals surface area contributed by atoms with Crippen molar-refractivity contribution in [3.63, 3.8) is 0 Å².